The quantitative estimate of drug-likeness (QED) is 0.754. The Balaban J connectivity index is 2.79. The third-order valence-electron chi connectivity index (χ3n) is 3.23. The van der Waals surface area contributed by atoms with Crippen LogP contribution in [0.15, 0.2) is 24.3 Å². The predicted molar refractivity (Wildman–Crippen MR) is 80.0 cm³/mol. The molecule has 4 nitrogen and oxygen atoms in total. The predicted octanol–water partition coefficient (Wildman–Crippen LogP) is 1.88. The molecule has 0 aliphatic heterocycles. The maximum atomic E-state index is 9.61. The molecule has 0 fully saturated rings. The Hall–Kier alpha value is -1.26. The first-order valence-electron chi connectivity index (χ1n) is 6.76. The highest BCUT2D eigenvalue weighted by atomic mass is 16.5. The van der Waals surface area contributed by atoms with E-state index in [1.165, 1.54) is 0 Å². The smallest absolute Gasteiger partial charge is 0.142 e. The van der Waals surface area contributed by atoms with Crippen LogP contribution in [0.4, 0.5) is 5.69 Å². The van der Waals surface area contributed by atoms with Crippen LogP contribution in [-0.2, 0) is 0 Å². The zero-order valence-electron chi connectivity index (χ0n) is 12.4. The summed E-state index contributed by atoms with van der Waals surface area (Å²) in [6.07, 6.45) is 1.05. The molecule has 0 heterocycles. The van der Waals surface area contributed by atoms with E-state index in [-0.39, 0.29) is 12.1 Å². The molecule has 0 saturated carbocycles. The van der Waals surface area contributed by atoms with Gasteiger partial charge in [-0.05, 0) is 32.0 Å². The maximum absolute atomic E-state index is 9.61. The van der Waals surface area contributed by atoms with Gasteiger partial charge in [0.1, 0.15) is 5.75 Å². The molecule has 0 aliphatic carbocycles. The van der Waals surface area contributed by atoms with Crippen molar-refractivity contribution in [2.75, 3.05) is 38.8 Å². The minimum absolute atomic E-state index is 0.104. The fraction of sp³-hybridized carbons (Fsp3) is 0.600. The van der Waals surface area contributed by atoms with Crippen LogP contribution in [0.1, 0.15) is 20.3 Å². The van der Waals surface area contributed by atoms with Gasteiger partial charge in [-0.3, -0.25) is 0 Å². The number of hydrogen-bond acceptors (Lipinski definition) is 4. The molecule has 1 aromatic rings. The minimum Gasteiger partial charge on any atom is -0.495 e. The first-order valence-corrected chi connectivity index (χ1v) is 6.76. The SMILES string of the molecule is CCCNC(C)(CO)CN(C)c1ccccc1OC. The van der Waals surface area contributed by atoms with E-state index in [1.807, 2.05) is 38.2 Å². The lowest BCUT2D eigenvalue weighted by atomic mass is 10.0. The first kappa shape index (κ1) is 15.8. The highest BCUT2D eigenvalue weighted by Gasteiger charge is 2.25. The van der Waals surface area contributed by atoms with Crippen LogP contribution in [-0.4, -0.2) is 44.5 Å². The standard InChI is InChI=1S/C15H26N2O2/c1-5-10-16-15(2,12-18)11-17(3)13-8-6-7-9-14(13)19-4/h6-9,16,18H,5,10-12H2,1-4H3. The Labute approximate surface area is 116 Å². The lowest BCUT2D eigenvalue weighted by Crippen LogP contribution is -2.53. The summed E-state index contributed by atoms with van der Waals surface area (Å²) in [6.45, 7) is 5.87. The van der Waals surface area contributed by atoms with Gasteiger partial charge in [-0.25, -0.2) is 0 Å². The molecular weight excluding hydrogens is 240 g/mol. The van der Waals surface area contributed by atoms with Gasteiger partial charge in [0.25, 0.3) is 0 Å². The van der Waals surface area contributed by atoms with E-state index in [0.29, 0.717) is 6.54 Å². The average Bonchev–Trinajstić information content (AvgIpc) is 2.45. The third-order valence-corrected chi connectivity index (χ3v) is 3.23. The lowest BCUT2D eigenvalue weighted by molar-refractivity contribution is 0.179. The number of nitrogens with zero attached hydrogens (tertiary/aromatic N) is 1. The van der Waals surface area contributed by atoms with E-state index < -0.39 is 0 Å². The summed E-state index contributed by atoms with van der Waals surface area (Å²) in [4.78, 5) is 2.11. The molecule has 0 amide bonds. The summed E-state index contributed by atoms with van der Waals surface area (Å²) in [5.74, 6) is 0.848. The summed E-state index contributed by atoms with van der Waals surface area (Å²) in [5.41, 5.74) is 0.717. The molecule has 108 valence electrons. The largest absolute Gasteiger partial charge is 0.495 e. The third kappa shape index (κ3) is 4.40. The van der Waals surface area contributed by atoms with Gasteiger partial charge >= 0.3 is 0 Å². The molecule has 0 radical (unpaired) electrons. The number of benzene rings is 1. The van der Waals surface area contributed by atoms with E-state index in [9.17, 15) is 5.11 Å². The second-order valence-corrected chi connectivity index (χ2v) is 5.17. The molecule has 1 rings (SSSR count). The van der Waals surface area contributed by atoms with Gasteiger partial charge in [-0.15, -0.1) is 0 Å². The highest BCUT2D eigenvalue weighted by Crippen LogP contribution is 2.27. The van der Waals surface area contributed by atoms with Crippen molar-refractivity contribution in [1.29, 1.82) is 0 Å². The second kappa shape index (κ2) is 7.36. The molecule has 2 N–H and O–H groups in total. The summed E-state index contributed by atoms with van der Waals surface area (Å²) in [6, 6.07) is 7.92. The van der Waals surface area contributed by atoms with Gasteiger partial charge in [-0.1, -0.05) is 19.1 Å². The number of para-hydroxylation sites is 2. The Bertz CT molecular complexity index is 384. The number of methoxy groups -OCH3 is 1. The molecule has 0 aliphatic rings. The van der Waals surface area contributed by atoms with Crippen molar-refractivity contribution in [3.05, 3.63) is 24.3 Å². The van der Waals surface area contributed by atoms with E-state index in [4.69, 9.17) is 4.74 Å². The average molecular weight is 266 g/mol. The number of nitrogens with one attached hydrogen (secondary N) is 1. The van der Waals surface area contributed by atoms with Gasteiger partial charge in [-0.2, -0.15) is 0 Å². The zero-order valence-corrected chi connectivity index (χ0v) is 12.4. The van der Waals surface area contributed by atoms with Crippen LogP contribution < -0.4 is 15.0 Å². The molecule has 4 heteroatoms. The van der Waals surface area contributed by atoms with Crippen molar-refractivity contribution in [1.82, 2.24) is 5.32 Å². The molecule has 19 heavy (non-hydrogen) atoms. The molecule has 1 aromatic carbocycles. The van der Waals surface area contributed by atoms with Gasteiger partial charge < -0.3 is 20.1 Å². The van der Waals surface area contributed by atoms with E-state index in [0.717, 1.165) is 24.4 Å². The maximum Gasteiger partial charge on any atom is 0.142 e. The van der Waals surface area contributed by atoms with Crippen LogP contribution in [0.3, 0.4) is 0 Å². The number of hydrogen-bond donors (Lipinski definition) is 2. The van der Waals surface area contributed by atoms with Crippen LogP contribution in [0, 0.1) is 0 Å². The lowest BCUT2D eigenvalue weighted by Gasteiger charge is -2.34. The first-order chi connectivity index (χ1) is 9.06. The zero-order chi connectivity index (χ0) is 14.3. The van der Waals surface area contributed by atoms with Gasteiger partial charge in [0, 0.05) is 13.6 Å². The van der Waals surface area contributed by atoms with Crippen LogP contribution in [0.5, 0.6) is 5.75 Å². The molecule has 1 atom stereocenters. The number of aliphatic hydroxyl groups excluding tert-OH is 1. The number of rotatable bonds is 8. The van der Waals surface area contributed by atoms with Crippen molar-refractivity contribution in [2.24, 2.45) is 0 Å². The fourth-order valence-corrected chi connectivity index (χ4v) is 2.14. The van der Waals surface area contributed by atoms with Gasteiger partial charge in [0.05, 0.1) is 24.9 Å². The summed E-state index contributed by atoms with van der Waals surface area (Å²) in [7, 11) is 3.69. The highest BCUT2D eigenvalue weighted by molar-refractivity contribution is 5.58. The van der Waals surface area contributed by atoms with Crippen molar-refractivity contribution < 1.29 is 9.84 Å². The van der Waals surface area contributed by atoms with E-state index in [1.54, 1.807) is 7.11 Å². The van der Waals surface area contributed by atoms with Crippen LogP contribution >= 0.6 is 0 Å². The van der Waals surface area contributed by atoms with Crippen molar-refractivity contribution >= 4 is 5.69 Å². The van der Waals surface area contributed by atoms with Crippen LogP contribution in [0.25, 0.3) is 0 Å². The molecule has 0 aromatic heterocycles. The molecule has 0 bridgehead atoms. The monoisotopic (exact) mass is 266 g/mol. The molecule has 1 unspecified atom stereocenters. The summed E-state index contributed by atoms with van der Waals surface area (Å²) < 4.78 is 5.37. The van der Waals surface area contributed by atoms with Crippen molar-refractivity contribution in [3.8, 4) is 5.75 Å². The number of aliphatic hydroxyl groups is 1. The van der Waals surface area contributed by atoms with E-state index in [2.05, 4.69) is 17.1 Å². The van der Waals surface area contributed by atoms with Crippen molar-refractivity contribution in [3.63, 3.8) is 0 Å². The van der Waals surface area contributed by atoms with E-state index >= 15 is 0 Å². The number of anilines is 1. The van der Waals surface area contributed by atoms with Gasteiger partial charge in [0.15, 0.2) is 0 Å². The summed E-state index contributed by atoms with van der Waals surface area (Å²) >= 11 is 0. The fourth-order valence-electron chi connectivity index (χ4n) is 2.14. The Morgan fingerprint density at radius 2 is 2.05 bits per heavy atom. The molecular formula is C15H26N2O2. The molecule has 0 saturated heterocycles. The van der Waals surface area contributed by atoms with Gasteiger partial charge in [0.2, 0.25) is 0 Å². The number of likely N-dealkylation sites (N-methyl/N-ethyl adjacent to an activating group) is 1. The molecule has 0 spiro atoms. The Morgan fingerprint density at radius 3 is 2.63 bits per heavy atom. The Kier molecular flexibility index (Phi) is 6.12. The number of ether oxygens (including phenoxy) is 1. The Morgan fingerprint density at radius 1 is 1.37 bits per heavy atom. The summed E-state index contributed by atoms with van der Waals surface area (Å²) in [5, 5.41) is 13.0. The minimum atomic E-state index is -0.314. The second-order valence-electron chi connectivity index (χ2n) is 5.17. The normalized spacial score (nSPS) is 13.9. The topological polar surface area (TPSA) is 44.7 Å². The van der Waals surface area contributed by atoms with Crippen molar-refractivity contribution in [2.45, 2.75) is 25.8 Å². The van der Waals surface area contributed by atoms with Crippen LogP contribution in [0.2, 0.25) is 0 Å².